The Morgan fingerprint density at radius 3 is 2.39 bits per heavy atom. The highest BCUT2D eigenvalue weighted by Crippen LogP contribution is 2.21. The third-order valence-electron chi connectivity index (χ3n) is 2.23. The van der Waals surface area contributed by atoms with Gasteiger partial charge < -0.3 is 10.0 Å². The molecular weight excluding hydrogens is 250 g/mol. The summed E-state index contributed by atoms with van der Waals surface area (Å²) in [7, 11) is 1.61. The van der Waals surface area contributed by atoms with E-state index >= 15 is 0 Å². The van der Waals surface area contributed by atoms with Crippen LogP contribution in [0.3, 0.4) is 0 Å². The third-order valence-corrected chi connectivity index (χ3v) is 3.13. The molecule has 0 aliphatic carbocycles. The lowest BCUT2D eigenvalue weighted by Crippen LogP contribution is -2.24. The van der Waals surface area contributed by atoms with E-state index in [1.54, 1.807) is 18.8 Å². The number of carboxylic acids is 1. The average molecular weight is 265 g/mol. The Morgan fingerprint density at radius 1 is 1.28 bits per heavy atom. The monoisotopic (exact) mass is 265 g/mol. The second-order valence-electron chi connectivity index (χ2n) is 3.50. The quantitative estimate of drug-likeness (QED) is 0.656. The lowest BCUT2D eigenvalue weighted by Gasteiger charge is -2.15. The molecule has 4 nitrogen and oxygen atoms in total. The highest BCUT2D eigenvalue weighted by Gasteiger charge is 2.07. The summed E-state index contributed by atoms with van der Waals surface area (Å²) >= 11 is 1.72. The average Bonchev–Trinajstić information content (AvgIpc) is 2.36. The molecule has 5 heteroatoms. The zero-order valence-electron chi connectivity index (χ0n) is 10.3. The van der Waals surface area contributed by atoms with Crippen molar-refractivity contribution in [1.29, 1.82) is 0 Å². The Hall–Kier alpha value is -1.75. The summed E-state index contributed by atoms with van der Waals surface area (Å²) in [5.41, 5.74) is 0.732. The number of hydrogen-bond acceptors (Lipinski definition) is 3. The first-order valence-electron chi connectivity index (χ1n) is 5.46. The summed E-state index contributed by atoms with van der Waals surface area (Å²) < 4.78 is 0. The predicted octanol–water partition coefficient (Wildman–Crippen LogP) is 2.40. The molecule has 0 bridgehead atoms. The topological polar surface area (TPSA) is 57.6 Å². The fourth-order valence-corrected chi connectivity index (χ4v) is 1.98. The van der Waals surface area contributed by atoms with Gasteiger partial charge in [0.25, 0.3) is 5.91 Å². The van der Waals surface area contributed by atoms with E-state index in [2.05, 4.69) is 6.92 Å². The lowest BCUT2D eigenvalue weighted by molar-refractivity contribution is -0.131. The summed E-state index contributed by atoms with van der Waals surface area (Å²) in [6.07, 6.45) is 1.87. The van der Waals surface area contributed by atoms with Gasteiger partial charge in [0.05, 0.1) is 0 Å². The molecule has 0 saturated heterocycles. The number of likely N-dealkylation sites (N-methyl/N-ethyl adjacent to an activating group) is 1. The largest absolute Gasteiger partial charge is 0.478 e. The molecule has 18 heavy (non-hydrogen) atoms. The van der Waals surface area contributed by atoms with Crippen molar-refractivity contribution >= 4 is 29.3 Å². The number of carbonyl (C=O) groups is 2. The maximum Gasteiger partial charge on any atom is 0.328 e. The number of aliphatic carboxylic acids is 1. The minimum Gasteiger partial charge on any atom is -0.478 e. The van der Waals surface area contributed by atoms with Gasteiger partial charge in [0.15, 0.2) is 0 Å². The maximum atomic E-state index is 11.6. The molecule has 0 aliphatic heterocycles. The fraction of sp³-hybridized carbons (Fsp3) is 0.231. The van der Waals surface area contributed by atoms with Crippen LogP contribution in [0, 0.1) is 0 Å². The standard InChI is InChI=1S/C13H15NO3S/c1-3-18-11-6-4-10(5-7-11)14(2)12(15)8-9-13(16)17/h4-9H,3H2,1-2H3,(H,16,17)/b9-8+. The molecule has 0 spiro atoms. The van der Waals surface area contributed by atoms with Gasteiger partial charge in [-0.15, -0.1) is 11.8 Å². The van der Waals surface area contributed by atoms with Crippen molar-refractivity contribution in [3.05, 3.63) is 36.4 Å². The van der Waals surface area contributed by atoms with E-state index in [9.17, 15) is 9.59 Å². The summed E-state index contributed by atoms with van der Waals surface area (Å²) in [6, 6.07) is 7.55. The molecule has 0 atom stereocenters. The number of anilines is 1. The van der Waals surface area contributed by atoms with Crippen molar-refractivity contribution < 1.29 is 14.7 Å². The van der Waals surface area contributed by atoms with Gasteiger partial charge >= 0.3 is 5.97 Å². The molecule has 96 valence electrons. The van der Waals surface area contributed by atoms with Crippen LogP contribution in [0.5, 0.6) is 0 Å². The van der Waals surface area contributed by atoms with Crippen LogP contribution in [0.2, 0.25) is 0 Å². The van der Waals surface area contributed by atoms with E-state index in [0.717, 1.165) is 28.5 Å². The van der Waals surface area contributed by atoms with Gasteiger partial charge in [-0.1, -0.05) is 6.92 Å². The molecule has 0 radical (unpaired) electrons. The molecule has 1 amide bonds. The minimum absolute atomic E-state index is 0.367. The molecule has 1 aromatic carbocycles. The molecule has 0 fully saturated rings. The third kappa shape index (κ3) is 4.25. The molecule has 0 heterocycles. The number of carbonyl (C=O) groups excluding carboxylic acids is 1. The second kappa shape index (κ2) is 6.86. The Kier molecular flexibility index (Phi) is 5.45. The van der Waals surface area contributed by atoms with Crippen LogP contribution in [0.1, 0.15) is 6.92 Å². The lowest BCUT2D eigenvalue weighted by atomic mass is 10.3. The molecule has 1 aromatic rings. The van der Waals surface area contributed by atoms with Crippen molar-refractivity contribution in [1.82, 2.24) is 0 Å². The normalized spacial score (nSPS) is 10.6. The van der Waals surface area contributed by atoms with E-state index in [4.69, 9.17) is 5.11 Å². The van der Waals surface area contributed by atoms with Crippen molar-refractivity contribution in [2.24, 2.45) is 0 Å². The van der Waals surface area contributed by atoms with Crippen LogP contribution in [0.4, 0.5) is 5.69 Å². The number of rotatable bonds is 5. The molecule has 1 rings (SSSR count). The fourth-order valence-electron chi connectivity index (χ4n) is 1.31. The van der Waals surface area contributed by atoms with E-state index in [0.29, 0.717) is 0 Å². The van der Waals surface area contributed by atoms with Crippen LogP contribution >= 0.6 is 11.8 Å². The molecule has 0 aliphatic rings. The van der Waals surface area contributed by atoms with Gasteiger partial charge in [0.2, 0.25) is 0 Å². The Labute approximate surface area is 110 Å². The van der Waals surface area contributed by atoms with E-state index in [1.165, 1.54) is 4.90 Å². The van der Waals surface area contributed by atoms with E-state index in [-0.39, 0.29) is 5.91 Å². The zero-order valence-corrected chi connectivity index (χ0v) is 11.1. The SMILES string of the molecule is CCSc1ccc(N(C)C(=O)/C=C/C(=O)O)cc1. The van der Waals surface area contributed by atoms with Crippen LogP contribution in [0.15, 0.2) is 41.3 Å². The summed E-state index contributed by atoms with van der Waals surface area (Å²) in [5.74, 6) is -0.505. The Balaban J connectivity index is 2.74. The van der Waals surface area contributed by atoms with Gasteiger partial charge in [0.1, 0.15) is 0 Å². The second-order valence-corrected chi connectivity index (χ2v) is 4.83. The van der Waals surface area contributed by atoms with Crippen molar-refractivity contribution in [2.75, 3.05) is 17.7 Å². The summed E-state index contributed by atoms with van der Waals surface area (Å²) in [6.45, 7) is 2.07. The minimum atomic E-state index is -1.13. The molecule has 0 unspecified atom stereocenters. The highest BCUT2D eigenvalue weighted by molar-refractivity contribution is 7.99. The van der Waals surface area contributed by atoms with E-state index in [1.807, 2.05) is 24.3 Å². The number of benzene rings is 1. The molecular formula is C13H15NO3S. The van der Waals surface area contributed by atoms with Crippen LogP contribution in [-0.2, 0) is 9.59 Å². The summed E-state index contributed by atoms with van der Waals surface area (Å²) in [4.78, 5) is 24.5. The van der Waals surface area contributed by atoms with Crippen LogP contribution in [0.25, 0.3) is 0 Å². The summed E-state index contributed by atoms with van der Waals surface area (Å²) in [5, 5.41) is 8.45. The number of thioether (sulfide) groups is 1. The van der Waals surface area contributed by atoms with Gasteiger partial charge in [0, 0.05) is 29.8 Å². The van der Waals surface area contributed by atoms with Crippen LogP contribution < -0.4 is 4.90 Å². The van der Waals surface area contributed by atoms with Crippen molar-refractivity contribution in [2.45, 2.75) is 11.8 Å². The molecule has 0 saturated carbocycles. The first-order chi connectivity index (χ1) is 8.54. The van der Waals surface area contributed by atoms with Gasteiger partial charge in [-0.25, -0.2) is 4.79 Å². The first-order valence-corrected chi connectivity index (χ1v) is 6.44. The Morgan fingerprint density at radius 2 is 1.89 bits per heavy atom. The number of hydrogen-bond donors (Lipinski definition) is 1. The van der Waals surface area contributed by atoms with Gasteiger partial charge in [-0.2, -0.15) is 0 Å². The first kappa shape index (κ1) is 14.3. The highest BCUT2D eigenvalue weighted by atomic mass is 32.2. The van der Waals surface area contributed by atoms with Crippen molar-refractivity contribution in [3.63, 3.8) is 0 Å². The maximum absolute atomic E-state index is 11.6. The predicted molar refractivity (Wildman–Crippen MR) is 73.0 cm³/mol. The number of amides is 1. The van der Waals surface area contributed by atoms with Gasteiger partial charge in [-0.05, 0) is 30.0 Å². The smallest absolute Gasteiger partial charge is 0.328 e. The number of nitrogens with zero attached hydrogens (tertiary/aromatic N) is 1. The molecule has 0 aromatic heterocycles. The van der Waals surface area contributed by atoms with Gasteiger partial charge in [-0.3, -0.25) is 4.79 Å². The van der Waals surface area contributed by atoms with E-state index < -0.39 is 5.97 Å². The molecule has 1 N–H and O–H groups in total. The zero-order chi connectivity index (χ0) is 13.5. The van der Waals surface area contributed by atoms with Crippen molar-refractivity contribution in [3.8, 4) is 0 Å². The Bertz CT molecular complexity index is 454. The van der Waals surface area contributed by atoms with Crippen LogP contribution in [-0.4, -0.2) is 29.8 Å². The number of carboxylic acid groups (broad SMARTS) is 1.